The monoisotopic (exact) mass is 384 g/mol. The average Bonchev–Trinajstić information content (AvgIpc) is 2.53. The lowest BCUT2D eigenvalue weighted by Gasteiger charge is -2.13. The van der Waals surface area contributed by atoms with Gasteiger partial charge in [-0.25, -0.2) is 13.2 Å². The fourth-order valence-corrected chi connectivity index (χ4v) is 3.26. The summed E-state index contributed by atoms with van der Waals surface area (Å²) in [4.78, 5) is 10.5. The zero-order chi connectivity index (χ0) is 19.1. The first-order valence-electron chi connectivity index (χ1n) is 7.22. The van der Waals surface area contributed by atoms with Crippen molar-refractivity contribution in [1.82, 2.24) is 0 Å². The molecule has 0 N–H and O–H groups in total. The Hall–Kier alpha value is -2.81. The predicted octanol–water partition coefficient (Wildman–Crippen LogP) is 4.19. The van der Waals surface area contributed by atoms with Gasteiger partial charge in [-0.3, -0.25) is 0 Å². The SMILES string of the molecule is Cc1cc(=O)oc2cc(Oc3ccccc3S(=O)(=O)C(F)(F)F)ccc12. The summed E-state index contributed by atoms with van der Waals surface area (Å²) in [7, 11) is -5.58. The average molecular weight is 384 g/mol. The van der Waals surface area contributed by atoms with Gasteiger partial charge in [-0.05, 0) is 36.8 Å². The molecule has 0 aliphatic rings. The number of sulfone groups is 1. The van der Waals surface area contributed by atoms with Crippen molar-refractivity contribution in [3.05, 3.63) is 64.5 Å². The van der Waals surface area contributed by atoms with Gasteiger partial charge in [0.15, 0.2) is 0 Å². The van der Waals surface area contributed by atoms with E-state index in [1.165, 1.54) is 24.3 Å². The maximum absolute atomic E-state index is 12.8. The van der Waals surface area contributed by atoms with E-state index in [0.29, 0.717) is 10.9 Å². The molecule has 0 aliphatic carbocycles. The van der Waals surface area contributed by atoms with Gasteiger partial charge >= 0.3 is 11.1 Å². The van der Waals surface area contributed by atoms with Crippen LogP contribution in [0, 0.1) is 6.92 Å². The van der Waals surface area contributed by atoms with Gasteiger partial charge in [0, 0.05) is 17.5 Å². The summed E-state index contributed by atoms with van der Waals surface area (Å²) >= 11 is 0. The molecule has 0 aliphatic heterocycles. The lowest BCUT2D eigenvalue weighted by atomic mass is 10.1. The van der Waals surface area contributed by atoms with E-state index in [0.717, 1.165) is 18.2 Å². The van der Waals surface area contributed by atoms with E-state index in [4.69, 9.17) is 9.15 Å². The molecule has 3 aromatic rings. The van der Waals surface area contributed by atoms with E-state index in [2.05, 4.69) is 0 Å². The highest BCUT2D eigenvalue weighted by Gasteiger charge is 2.48. The largest absolute Gasteiger partial charge is 0.502 e. The van der Waals surface area contributed by atoms with Crippen molar-refractivity contribution in [3.8, 4) is 11.5 Å². The van der Waals surface area contributed by atoms with Gasteiger partial charge in [0.25, 0.3) is 9.84 Å². The van der Waals surface area contributed by atoms with Crippen LogP contribution in [-0.4, -0.2) is 13.9 Å². The van der Waals surface area contributed by atoms with Crippen LogP contribution < -0.4 is 10.4 Å². The quantitative estimate of drug-likeness (QED) is 0.633. The Morgan fingerprint density at radius 1 is 1.04 bits per heavy atom. The van der Waals surface area contributed by atoms with E-state index in [9.17, 15) is 26.4 Å². The summed E-state index contributed by atoms with van der Waals surface area (Å²) in [5, 5.41) is 0.619. The zero-order valence-electron chi connectivity index (χ0n) is 13.2. The third-order valence-corrected chi connectivity index (χ3v) is 5.12. The summed E-state index contributed by atoms with van der Waals surface area (Å²) in [6, 6.07) is 10.0. The van der Waals surface area contributed by atoms with Crippen LogP contribution in [0.5, 0.6) is 11.5 Å². The van der Waals surface area contributed by atoms with E-state index in [-0.39, 0.29) is 11.3 Å². The second-order valence-corrected chi connectivity index (χ2v) is 7.31. The van der Waals surface area contributed by atoms with Crippen LogP contribution in [0.3, 0.4) is 0 Å². The highest BCUT2D eigenvalue weighted by Crippen LogP contribution is 2.37. The maximum atomic E-state index is 12.8. The fourth-order valence-electron chi connectivity index (χ4n) is 2.38. The van der Waals surface area contributed by atoms with Gasteiger partial charge in [0.1, 0.15) is 22.0 Å². The summed E-state index contributed by atoms with van der Waals surface area (Å²) in [5.74, 6) is -0.463. The van der Waals surface area contributed by atoms with Gasteiger partial charge in [-0.1, -0.05) is 12.1 Å². The smallest absolute Gasteiger partial charge is 0.456 e. The van der Waals surface area contributed by atoms with Crippen molar-refractivity contribution in [2.45, 2.75) is 17.3 Å². The number of alkyl halides is 3. The molecule has 0 fully saturated rings. The Kier molecular flexibility index (Phi) is 4.27. The standard InChI is InChI=1S/C17H11F3O5S/c1-10-8-16(21)25-14-9-11(6-7-12(10)14)24-13-4-2-3-5-15(13)26(22,23)17(18,19)20/h2-9H,1H3. The first kappa shape index (κ1) is 18.0. The molecule has 0 spiro atoms. The molecule has 26 heavy (non-hydrogen) atoms. The van der Waals surface area contributed by atoms with Gasteiger partial charge < -0.3 is 9.15 Å². The van der Waals surface area contributed by atoms with Crippen molar-refractivity contribution < 1.29 is 30.7 Å². The van der Waals surface area contributed by atoms with Crippen LogP contribution in [0.2, 0.25) is 0 Å². The molecule has 0 unspecified atom stereocenters. The minimum absolute atomic E-state index is 0.0241. The molecule has 3 rings (SSSR count). The molecule has 5 nitrogen and oxygen atoms in total. The summed E-state index contributed by atoms with van der Waals surface area (Å²) in [6.45, 7) is 1.70. The number of hydrogen-bond donors (Lipinski definition) is 0. The molecule has 0 atom stereocenters. The Morgan fingerprint density at radius 3 is 2.42 bits per heavy atom. The molecule has 0 saturated carbocycles. The number of ether oxygens (including phenoxy) is 1. The first-order chi connectivity index (χ1) is 12.1. The normalized spacial score (nSPS) is 12.3. The van der Waals surface area contributed by atoms with E-state index < -0.39 is 31.6 Å². The molecule has 0 amide bonds. The van der Waals surface area contributed by atoms with Crippen molar-refractivity contribution in [1.29, 1.82) is 0 Å². The molecular weight excluding hydrogens is 373 g/mol. The van der Waals surface area contributed by atoms with Gasteiger partial charge in [0.05, 0.1) is 0 Å². The molecule has 136 valence electrons. The number of fused-ring (bicyclic) bond motifs is 1. The highest BCUT2D eigenvalue weighted by atomic mass is 32.2. The minimum atomic E-state index is -5.58. The van der Waals surface area contributed by atoms with Crippen LogP contribution in [0.1, 0.15) is 5.56 Å². The number of hydrogen-bond acceptors (Lipinski definition) is 5. The van der Waals surface area contributed by atoms with Gasteiger partial charge in [-0.15, -0.1) is 0 Å². The minimum Gasteiger partial charge on any atom is -0.456 e. The molecule has 0 saturated heterocycles. The van der Waals surface area contributed by atoms with Crippen molar-refractivity contribution in [2.24, 2.45) is 0 Å². The summed E-state index contributed by atoms with van der Waals surface area (Å²) in [6.07, 6.45) is 0. The number of rotatable bonds is 3. The number of para-hydroxylation sites is 1. The van der Waals surface area contributed by atoms with E-state index in [1.54, 1.807) is 13.0 Å². The lowest BCUT2D eigenvalue weighted by Crippen LogP contribution is -2.23. The molecule has 0 bridgehead atoms. The third kappa shape index (κ3) is 3.17. The second kappa shape index (κ2) is 6.17. The third-order valence-electron chi connectivity index (χ3n) is 3.59. The number of aryl methyl sites for hydroxylation is 1. The molecule has 2 aromatic carbocycles. The van der Waals surface area contributed by atoms with Gasteiger partial charge in [-0.2, -0.15) is 13.2 Å². The van der Waals surface area contributed by atoms with Crippen LogP contribution >= 0.6 is 0 Å². The molecule has 0 radical (unpaired) electrons. The van der Waals surface area contributed by atoms with E-state index in [1.807, 2.05) is 0 Å². The topological polar surface area (TPSA) is 73.6 Å². The Balaban J connectivity index is 2.08. The molecule has 9 heteroatoms. The Bertz CT molecular complexity index is 1150. The van der Waals surface area contributed by atoms with Crippen molar-refractivity contribution in [3.63, 3.8) is 0 Å². The van der Waals surface area contributed by atoms with Gasteiger partial charge in [0.2, 0.25) is 0 Å². The highest BCUT2D eigenvalue weighted by molar-refractivity contribution is 7.92. The molecule has 1 heterocycles. The molecular formula is C17H11F3O5S. The number of halogens is 3. The maximum Gasteiger partial charge on any atom is 0.502 e. The predicted molar refractivity (Wildman–Crippen MR) is 87.0 cm³/mol. The van der Waals surface area contributed by atoms with Crippen molar-refractivity contribution in [2.75, 3.05) is 0 Å². The Morgan fingerprint density at radius 2 is 1.73 bits per heavy atom. The summed E-state index contributed by atoms with van der Waals surface area (Å²) < 4.78 is 72.3. The zero-order valence-corrected chi connectivity index (χ0v) is 14.0. The lowest BCUT2D eigenvalue weighted by molar-refractivity contribution is -0.0436. The Labute approximate surface area is 145 Å². The molecule has 1 aromatic heterocycles. The van der Waals surface area contributed by atoms with Crippen molar-refractivity contribution >= 4 is 20.8 Å². The summed E-state index contributed by atoms with van der Waals surface area (Å²) in [5.41, 5.74) is -5.22. The van der Waals surface area contributed by atoms with Crippen LogP contribution in [0.15, 0.2) is 62.6 Å². The second-order valence-electron chi connectivity index (χ2n) is 5.40. The number of benzene rings is 2. The first-order valence-corrected chi connectivity index (χ1v) is 8.71. The van der Waals surface area contributed by atoms with E-state index >= 15 is 0 Å². The van der Waals surface area contributed by atoms with Crippen LogP contribution in [-0.2, 0) is 9.84 Å². The van der Waals surface area contributed by atoms with Crippen LogP contribution in [0.4, 0.5) is 13.2 Å². The van der Waals surface area contributed by atoms with Crippen LogP contribution in [0.25, 0.3) is 11.0 Å². The fraction of sp³-hybridized carbons (Fsp3) is 0.118.